The summed E-state index contributed by atoms with van der Waals surface area (Å²) < 4.78 is 1.84. The van der Waals surface area contributed by atoms with Gasteiger partial charge < -0.3 is 0 Å². The van der Waals surface area contributed by atoms with E-state index in [1.807, 2.05) is 4.68 Å². The summed E-state index contributed by atoms with van der Waals surface area (Å²) in [5, 5.41) is 7.80. The van der Waals surface area contributed by atoms with Gasteiger partial charge in [-0.25, -0.2) is 4.68 Å². The molecule has 0 radical (unpaired) electrons. The summed E-state index contributed by atoms with van der Waals surface area (Å²) >= 11 is 0. The van der Waals surface area contributed by atoms with Gasteiger partial charge in [0, 0.05) is 19.1 Å². The van der Waals surface area contributed by atoms with Crippen molar-refractivity contribution < 1.29 is 4.79 Å². The van der Waals surface area contributed by atoms with E-state index < -0.39 is 0 Å². The van der Waals surface area contributed by atoms with Crippen molar-refractivity contribution in [2.45, 2.75) is 44.2 Å². The van der Waals surface area contributed by atoms with Crippen LogP contribution in [0.3, 0.4) is 0 Å². The average Bonchev–Trinajstić information content (AvgIpc) is 2.77. The Bertz CT molecular complexity index is 391. The van der Waals surface area contributed by atoms with Crippen molar-refractivity contribution in [3.63, 3.8) is 0 Å². The van der Waals surface area contributed by atoms with Gasteiger partial charge in [0.15, 0.2) is 6.29 Å². The van der Waals surface area contributed by atoms with Crippen LogP contribution >= 0.6 is 0 Å². The van der Waals surface area contributed by atoms with Crippen LogP contribution in [-0.4, -0.2) is 45.3 Å². The Labute approximate surface area is 101 Å². The summed E-state index contributed by atoms with van der Waals surface area (Å²) in [6, 6.07) is 1.20. The molecule has 2 fully saturated rings. The lowest BCUT2D eigenvalue weighted by atomic mass is 9.91. The molecule has 17 heavy (non-hydrogen) atoms. The van der Waals surface area contributed by atoms with E-state index in [0.717, 1.165) is 25.4 Å². The second kappa shape index (κ2) is 4.56. The van der Waals surface area contributed by atoms with E-state index in [-0.39, 0.29) is 0 Å². The highest BCUT2D eigenvalue weighted by atomic mass is 16.1. The number of hydrogen-bond donors (Lipinski definition) is 0. The van der Waals surface area contributed by atoms with Gasteiger partial charge in [0.05, 0.1) is 12.2 Å². The zero-order chi connectivity index (χ0) is 11.7. The third kappa shape index (κ3) is 2.11. The molecule has 2 heterocycles. The molecule has 0 unspecified atom stereocenters. The van der Waals surface area contributed by atoms with Crippen molar-refractivity contribution in [1.82, 2.24) is 19.9 Å². The number of rotatable bonds is 3. The molecule has 1 saturated carbocycles. The molecule has 5 heteroatoms. The van der Waals surface area contributed by atoms with Gasteiger partial charge in [-0.3, -0.25) is 9.69 Å². The zero-order valence-corrected chi connectivity index (χ0v) is 9.96. The number of aromatic nitrogens is 3. The van der Waals surface area contributed by atoms with Crippen molar-refractivity contribution in [3.8, 4) is 0 Å². The standard InChI is InChI=1S/C12H18N4O/c17-9-10-6-16(14-13-10)12-7-15(8-12)11-4-2-1-3-5-11/h6,9,11-12H,1-5,7-8H2. The van der Waals surface area contributed by atoms with Gasteiger partial charge in [0.1, 0.15) is 5.69 Å². The molecular weight excluding hydrogens is 216 g/mol. The molecule has 1 saturated heterocycles. The minimum absolute atomic E-state index is 0.415. The molecule has 3 rings (SSSR count). The Kier molecular flexibility index (Phi) is 2.93. The number of likely N-dealkylation sites (tertiary alicyclic amines) is 1. The Morgan fingerprint density at radius 3 is 2.59 bits per heavy atom. The van der Waals surface area contributed by atoms with E-state index in [2.05, 4.69) is 15.2 Å². The summed E-state index contributed by atoms with van der Waals surface area (Å²) in [6.45, 7) is 2.12. The van der Waals surface area contributed by atoms with Crippen molar-refractivity contribution in [3.05, 3.63) is 11.9 Å². The molecule has 0 atom stereocenters. The topological polar surface area (TPSA) is 51.0 Å². The monoisotopic (exact) mass is 234 g/mol. The highest BCUT2D eigenvalue weighted by molar-refractivity contribution is 5.70. The molecule has 1 aliphatic carbocycles. The lowest BCUT2D eigenvalue weighted by Gasteiger charge is -2.45. The summed E-state index contributed by atoms with van der Waals surface area (Å²) in [4.78, 5) is 13.1. The van der Waals surface area contributed by atoms with E-state index in [1.54, 1.807) is 6.20 Å². The van der Waals surface area contributed by atoms with Crippen molar-refractivity contribution in [2.75, 3.05) is 13.1 Å². The largest absolute Gasteiger partial charge is 0.296 e. The quantitative estimate of drug-likeness (QED) is 0.739. The number of carbonyl (C=O) groups is 1. The average molecular weight is 234 g/mol. The lowest BCUT2D eigenvalue weighted by molar-refractivity contribution is 0.0352. The minimum atomic E-state index is 0.415. The number of hydrogen-bond acceptors (Lipinski definition) is 4. The Balaban J connectivity index is 1.55. The van der Waals surface area contributed by atoms with Gasteiger partial charge in [-0.2, -0.15) is 0 Å². The van der Waals surface area contributed by atoms with Crippen LogP contribution in [-0.2, 0) is 0 Å². The number of aldehydes is 1. The van der Waals surface area contributed by atoms with Crippen LogP contribution < -0.4 is 0 Å². The van der Waals surface area contributed by atoms with E-state index in [9.17, 15) is 4.79 Å². The molecular formula is C12H18N4O. The van der Waals surface area contributed by atoms with Crippen LogP contribution in [0.15, 0.2) is 6.20 Å². The Morgan fingerprint density at radius 2 is 1.94 bits per heavy atom. The summed E-state index contributed by atoms with van der Waals surface area (Å²) in [5.41, 5.74) is 0.432. The molecule has 0 N–H and O–H groups in total. The first-order valence-corrected chi connectivity index (χ1v) is 6.48. The van der Waals surface area contributed by atoms with Crippen molar-refractivity contribution >= 4 is 6.29 Å². The highest BCUT2D eigenvalue weighted by Gasteiger charge is 2.34. The molecule has 1 aromatic heterocycles. The first kappa shape index (κ1) is 10.9. The smallest absolute Gasteiger partial charge is 0.171 e. The fourth-order valence-electron chi connectivity index (χ4n) is 2.92. The first-order chi connectivity index (χ1) is 8.36. The summed E-state index contributed by atoms with van der Waals surface area (Å²) in [7, 11) is 0. The molecule has 92 valence electrons. The van der Waals surface area contributed by atoms with Gasteiger partial charge >= 0.3 is 0 Å². The Hall–Kier alpha value is -1.23. The van der Waals surface area contributed by atoms with E-state index in [1.165, 1.54) is 32.1 Å². The first-order valence-electron chi connectivity index (χ1n) is 6.48. The summed E-state index contributed by atoms with van der Waals surface area (Å²) in [5.74, 6) is 0. The predicted molar refractivity (Wildman–Crippen MR) is 62.9 cm³/mol. The van der Waals surface area contributed by atoms with Crippen LogP contribution in [0.25, 0.3) is 0 Å². The highest BCUT2D eigenvalue weighted by Crippen LogP contribution is 2.30. The lowest BCUT2D eigenvalue weighted by Crippen LogP contribution is -2.53. The second-order valence-corrected chi connectivity index (χ2v) is 5.14. The van der Waals surface area contributed by atoms with Crippen LogP contribution in [0.2, 0.25) is 0 Å². The van der Waals surface area contributed by atoms with Crippen LogP contribution in [0.5, 0.6) is 0 Å². The minimum Gasteiger partial charge on any atom is -0.296 e. The third-order valence-corrected chi connectivity index (χ3v) is 4.00. The van der Waals surface area contributed by atoms with Crippen molar-refractivity contribution in [2.24, 2.45) is 0 Å². The van der Waals surface area contributed by atoms with E-state index in [0.29, 0.717) is 11.7 Å². The van der Waals surface area contributed by atoms with Gasteiger partial charge in [0.2, 0.25) is 0 Å². The van der Waals surface area contributed by atoms with Gasteiger partial charge in [0.25, 0.3) is 0 Å². The van der Waals surface area contributed by atoms with Crippen molar-refractivity contribution in [1.29, 1.82) is 0 Å². The van der Waals surface area contributed by atoms with Crippen LogP contribution in [0.4, 0.5) is 0 Å². The predicted octanol–water partition coefficient (Wildman–Crippen LogP) is 1.28. The van der Waals surface area contributed by atoms with E-state index in [4.69, 9.17) is 0 Å². The molecule has 0 amide bonds. The maximum Gasteiger partial charge on any atom is 0.171 e. The van der Waals surface area contributed by atoms with E-state index >= 15 is 0 Å². The third-order valence-electron chi connectivity index (χ3n) is 4.00. The van der Waals surface area contributed by atoms with Gasteiger partial charge in [-0.15, -0.1) is 5.10 Å². The number of nitrogens with zero attached hydrogens (tertiary/aromatic N) is 4. The molecule has 0 spiro atoms. The Morgan fingerprint density at radius 1 is 1.18 bits per heavy atom. The molecule has 0 aromatic carbocycles. The zero-order valence-electron chi connectivity index (χ0n) is 9.96. The molecule has 1 aliphatic heterocycles. The van der Waals surface area contributed by atoms with Gasteiger partial charge in [-0.1, -0.05) is 24.5 Å². The second-order valence-electron chi connectivity index (χ2n) is 5.14. The molecule has 2 aliphatic rings. The number of carbonyl (C=O) groups excluding carboxylic acids is 1. The maximum absolute atomic E-state index is 10.5. The fourth-order valence-corrected chi connectivity index (χ4v) is 2.92. The van der Waals surface area contributed by atoms with Crippen LogP contribution in [0, 0.1) is 0 Å². The summed E-state index contributed by atoms with van der Waals surface area (Å²) in [6.07, 6.45) is 9.36. The molecule has 5 nitrogen and oxygen atoms in total. The SMILES string of the molecule is O=Cc1cn(C2CN(C3CCCCC3)C2)nn1. The normalized spacial score (nSPS) is 23.5. The molecule has 1 aromatic rings. The maximum atomic E-state index is 10.5. The fraction of sp³-hybridized carbons (Fsp3) is 0.750. The molecule has 0 bridgehead atoms. The van der Waals surface area contributed by atoms with Gasteiger partial charge in [-0.05, 0) is 12.8 Å². The van der Waals surface area contributed by atoms with Crippen LogP contribution in [0.1, 0.15) is 48.6 Å².